The van der Waals surface area contributed by atoms with Crippen molar-refractivity contribution >= 4 is 18.2 Å². The zero-order chi connectivity index (χ0) is 20.0. The van der Waals surface area contributed by atoms with Crippen LogP contribution in [-0.2, 0) is 4.79 Å². The van der Waals surface area contributed by atoms with Crippen LogP contribution in [0.3, 0.4) is 0 Å². The fraction of sp³-hybridized carbons (Fsp3) is 0.304. The standard InChI is InChI=1S/C23H28N2O3/c1-3-4-6-13-20(16-19-11-7-5-8-12-19)17-24-25-23(26)18-28-22-15-10-9-14-21(22)27-2/h5,7-12,14-17H,3-4,6,13,18H2,1-2H3,(H,25,26)/b20-16+,24-17-. The van der Waals surface area contributed by atoms with Crippen LogP contribution >= 0.6 is 0 Å². The first-order valence-corrected chi connectivity index (χ1v) is 9.56. The molecule has 0 aliphatic carbocycles. The van der Waals surface area contributed by atoms with Gasteiger partial charge in [-0.1, -0.05) is 68.3 Å². The number of nitrogens with one attached hydrogen (secondary N) is 1. The van der Waals surface area contributed by atoms with E-state index < -0.39 is 0 Å². The molecular formula is C23H28N2O3. The van der Waals surface area contributed by atoms with Crippen LogP contribution < -0.4 is 14.9 Å². The van der Waals surface area contributed by atoms with Gasteiger partial charge in [0.25, 0.3) is 5.91 Å². The van der Waals surface area contributed by atoms with E-state index in [1.807, 2.05) is 42.5 Å². The molecule has 5 heteroatoms. The van der Waals surface area contributed by atoms with Crippen molar-refractivity contribution in [3.05, 3.63) is 65.7 Å². The fourth-order valence-corrected chi connectivity index (χ4v) is 2.62. The molecule has 148 valence electrons. The molecule has 0 fully saturated rings. The molecule has 0 unspecified atom stereocenters. The average Bonchev–Trinajstić information content (AvgIpc) is 2.73. The number of hydrogen-bond acceptors (Lipinski definition) is 4. The molecule has 0 bridgehead atoms. The van der Waals surface area contributed by atoms with E-state index in [0.717, 1.165) is 30.4 Å². The second kappa shape index (κ2) is 12.3. The molecule has 2 aromatic rings. The molecule has 0 spiro atoms. The van der Waals surface area contributed by atoms with Crippen LogP contribution in [0.25, 0.3) is 6.08 Å². The van der Waals surface area contributed by atoms with Crippen molar-refractivity contribution in [1.82, 2.24) is 5.43 Å². The Bertz CT molecular complexity index is 785. The van der Waals surface area contributed by atoms with Crippen LogP contribution in [0.4, 0.5) is 0 Å². The number of carbonyl (C=O) groups is 1. The van der Waals surface area contributed by atoms with Crippen molar-refractivity contribution < 1.29 is 14.3 Å². The van der Waals surface area contributed by atoms with E-state index in [2.05, 4.69) is 23.5 Å². The maximum absolute atomic E-state index is 12.0. The highest BCUT2D eigenvalue weighted by atomic mass is 16.5. The van der Waals surface area contributed by atoms with E-state index in [1.54, 1.807) is 25.5 Å². The van der Waals surface area contributed by atoms with Gasteiger partial charge in [-0.25, -0.2) is 5.43 Å². The van der Waals surface area contributed by atoms with Crippen molar-refractivity contribution in [2.24, 2.45) is 5.10 Å². The van der Waals surface area contributed by atoms with Crippen LogP contribution in [0, 0.1) is 0 Å². The number of amides is 1. The molecule has 0 aromatic heterocycles. The lowest BCUT2D eigenvalue weighted by atomic mass is 10.1. The van der Waals surface area contributed by atoms with Crippen molar-refractivity contribution in [2.75, 3.05) is 13.7 Å². The molecule has 2 rings (SSSR count). The van der Waals surface area contributed by atoms with E-state index in [4.69, 9.17) is 9.47 Å². The highest BCUT2D eigenvalue weighted by Gasteiger charge is 2.06. The Hall–Kier alpha value is -3.08. The number of ether oxygens (including phenoxy) is 2. The SMILES string of the molecule is CCCCCC(/C=N\NC(=O)COc1ccccc1OC)=C\c1ccccc1. The number of para-hydroxylation sites is 2. The average molecular weight is 380 g/mol. The Kier molecular flexibility index (Phi) is 9.35. The number of carbonyl (C=O) groups excluding carboxylic acids is 1. The predicted molar refractivity (Wildman–Crippen MR) is 114 cm³/mol. The monoisotopic (exact) mass is 380 g/mol. The summed E-state index contributed by atoms with van der Waals surface area (Å²) >= 11 is 0. The van der Waals surface area contributed by atoms with Gasteiger partial charge in [0.15, 0.2) is 18.1 Å². The highest BCUT2D eigenvalue weighted by molar-refractivity contribution is 5.87. The van der Waals surface area contributed by atoms with E-state index >= 15 is 0 Å². The number of nitrogens with zero attached hydrogens (tertiary/aromatic N) is 1. The molecule has 1 amide bonds. The highest BCUT2D eigenvalue weighted by Crippen LogP contribution is 2.25. The second-order valence-corrected chi connectivity index (χ2v) is 6.32. The predicted octanol–water partition coefficient (Wildman–Crippen LogP) is 4.84. The van der Waals surface area contributed by atoms with E-state index in [1.165, 1.54) is 6.42 Å². The van der Waals surface area contributed by atoms with Gasteiger partial charge >= 0.3 is 0 Å². The minimum Gasteiger partial charge on any atom is -0.493 e. The number of benzene rings is 2. The molecule has 28 heavy (non-hydrogen) atoms. The zero-order valence-corrected chi connectivity index (χ0v) is 16.6. The smallest absolute Gasteiger partial charge is 0.277 e. The molecule has 0 radical (unpaired) electrons. The quantitative estimate of drug-likeness (QED) is 0.345. The molecule has 0 aliphatic rings. The van der Waals surface area contributed by atoms with E-state index in [9.17, 15) is 4.79 Å². The van der Waals surface area contributed by atoms with E-state index in [0.29, 0.717) is 11.5 Å². The summed E-state index contributed by atoms with van der Waals surface area (Å²) in [6, 6.07) is 17.3. The Labute approximate surface area is 167 Å². The third-order valence-electron chi connectivity index (χ3n) is 4.07. The van der Waals surface area contributed by atoms with Gasteiger partial charge in [0, 0.05) is 0 Å². The molecule has 0 saturated carbocycles. The summed E-state index contributed by atoms with van der Waals surface area (Å²) in [6.07, 6.45) is 8.14. The number of methoxy groups -OCH3 is 1. The maximum atomic E-state index is 12.0. The molecule has 2 aromatic carbocycles. The summed E-state index contributed by atoms with van der Waals surface area (Å²) in [7, 11) is 1.56. The normalized spacial score (nSPS) is 11.4. The first-order chi connectivity index (χ1) is 13.7. The topological polar surface area (TPSA) is 59.9 Å². The fourth-order valence-electron chi connectivity index (χ4n) is 2.62. The van der Waals surface area contributed by atoms with Crippen molar-refractivity contribution in [3.8, 4) is 11.5 Å². The Morgan fingerprint density at radius 3 is 2.46 bits per heavy atom. The summed E-state index contributed by atoms with van der Waals surface area (Å²) in [5.74, 6) is 0.783. The van der Waals surface area contributed by atoms with Crippen LogP contribution in [-0.4, -0.2) is 25.8 Å². The van der Waals surface area contributed by atoms with Crippen LogP contribution in [0.15, 0.2) is 65.3 Å². The molecular weight excluding hydrogens is 352 g/mol. The maximum Gasteiger partial charge on any atom is 0.277 e. The van der Waals surface area contributed by atoms with Crippen LogP contribution in [0.1, 0.15) is 38.2 Å². The molecule has 0 heterocycles. The van der Waals surface area contributed by atoms with Crippen molar-refractivity contribution in [1.29, 1.82) is 0 Å². The van der Waals surface area contributed by atoms with Gasteiger partial charge in [0.2, 0.25) is 0 Å². The minimum atomic E-state index is -0.324. The first-order valence-electron chi connectivity index (χ1n) is 9.56. The molecule has 0 aliphatic heterocycles. The van der Waals surface area contributed by atoms with Gasteiger partial charge in [-0.15, -0.1) is 0 Å². The summed E-state index contributed by atoms with van der Waals surface area (Å²) in [6.45, 7) is 2.04. The van der Waals surface area contributed by atoms with Crippen LogP contribution in [0.2, 0.25) is 0 Å². The molecule has 0 atom stereocenters. The molecule has 5 nitrogen and oxygen atoms in total. The van der Waals surface area contributed by atoms with Gasteiger partial charge < -0.3 is 9.47 Å². The third kappa shape index (κ3) is 7.66. The second-order valence-electron chi connectivity index (χ2n) is 6.32. The summed E-state index contributed by atoms with van der Waals surface area (Å²) in [4.78, 5) is 12.0. The largest absolute Gasteiger partial charge is 0.493 e. The van der Waals surface area contributed by atoms with Crippen LogP contribution in [0.5, 0.6) is 11.5 Å². The number of hydrogen-bond donors (Lipinski definition) is 1. The number of allylic oxidation sites excluding steroid dienone is 1. The minimum absolute atomic E-state index is 0.134. The number of hydrazone groups is 1. The van der Waals surface area contributed by atoms with Gasteiger partial charge in [0.1, 0.15) is 0 Å². The lowest BCUT2D eigenvalue weighted by Gasteiger charge is -2.09. The lowest BCUT2D eigenvalue weighted by Crippen LogP contribution is -2.24. The lowest BCUT2D eigenvalue weighted by molar-refractivity contribution is -0.123. The Morgan fingerprint density at radius 1 is 1.04 bits per heavy atom. The number of unbranched alkanes of at least 4 members (excludes halogenated alkanes) is 2. The van der Waals surface area contributed by atoms with Crippen molar-refractivity contribution in [3.63, 3.8) is 0 Å². The Morgan fingerprint density at radius 2 is 1.75 bits per heavy atom. The molecule has 0 saturated heterocycles. The van der Waals surface area contributed by atoms with Gasteiger partial charge in [-0.05, 0) is 36.1 Å². The first kappa shape index (κ1) is 21.2. The van der Waals surface area contributed by atoms with Gasteiger partial charge in [-0.2, -0.15) is 5.10 Å². The summed E-state index contributed by atoms with van der Waals surface area (Å²) < 4.78 is 10.7. The molecule has 1 N–H and O–H groups in total. The zero-order valence-electron chi connectivity index (χ0n) is 16.6. The Balaban J connectivity index is 1.90. The van der Waals surface area contributed by atoms with E-state index in [-0.39, 0.29) is 12.5 Å². The number of rotatable bonds is 11. The van der Waals surface area contributed by atoms with Crippen molar-refractivity contribution in [2.45, 2.75) is 32.6 Å². The van der Waals surface area contributed by atoms with Gasteiger partial charge in [0.05, 0.1) is 13.3 Å². The summed E-state index contributed by atoms with van der Waals surface area (Å²) in [5.41, 5.74) is 4.71. The summed E-state index contributed by atoms with van der Waals surface area (Å²) in [5, 5.41) is 4.10. The third-order valence-corrected chi connectivity index (χ3v) is 4.07. The van der Waals surface area contributed by atoms with Gasteiger partial charge in [-0.3, -0.25) is 4.79 Å².